The van der Waals surface area contributed by atoms with Crippen molar-refractivity contribution in [1.82, 2.24) is 10.2 Å². The summed E-state index contributed by atoms with van der Waals surface area (Å²) in [5, 5.41) is 3.17. The Balaban J connectivity index is 1.77. The van der Waals surface area contributed by atoms with E-state index in [1.54, 1.807) is 25.3 Å². The van der Waals surface area contributed by atoms with Crippen LogP contribution in [0, 0.1) is 6.92 Å². The van der Waals surface area contributed by atoms with Gasteiger partial charge in [0.2, 0.25) is 21.8 Å². The highest BCUT2D eigenvalue weighted by atomic mass is 32.2. The van der Waals surface area contributed by atoms with Gasteiger partial charge in [-0.15, -0.1) is 0 Å². The summed E-state index contributed by atoms with van der Waals surface area (Å²) in [6, 6.07) is 21.1. The summed E-state index contributed by atoms with van der Waals surface area (Å²) in [4.78, 5) is 29.8. The first-order valence-electron chi connectivity index (χ1n) is 14.5. The molecular weight excluding hydrogens is 566 g/mol. The Morgan fingerprint density at radius 3 is 2.28 bits per heavy atom. The van der Waals surface area contributed by atoms with Gasteiger partial charge in [-0.05, 0) is 60.7 Å². The van der Waals surface area contributed by atoms with Crippen LogP contribution in [-0.2, 0) is 32.6 Å². The number of ether oxygens (including phenoxy) is 2. The van der Waals surface area contributed by atoms with Crippen LogP contribution in [0.25, 0.3) is 0 Å². The Morgan fingerprint density at radius 2 is 1.63 bits per heavy atom. The molecule has 0 radical (unpaired) electrons. The molecule has 4 rings (SSSR count). The smallest absolute Gasteiger partial charge is 0.244 e. The van der Waals surface area contributed by atoms with Crippen LogP contribution >= 0.6 is 0 Å². The molecule has 1 fully saturated rings. The molecule has 0 aliphatic heterocycles. The molecule has 1 aliphatic carbocycles. The molecule has 1 unspecified atom stereocenters. The number of carbonyl (C=O) groups is 2. The molecule has 230 valence electrons. The minimum atomic E-state index is -3.92. The summed E-state index contributed by atoms with van der Waals surface area (Å²) < 4.78 is 38.2. The number of benzene rings is 3. The van der Waals surface area contributed by atoms with Gasteiger partial charge in [-0.25, -0.2) is 8.42 Å². The maximum atomic E-state index is 14.4. The van der Waals surface area contributed by atoms with E-state index in [1.807, 2.05) is 61.5 Å². The number of aryl methyl sites for hydroxylation is 1. The third kappa shape index (κ3) is 8.50. The lowest BCUT2D eigenvalue weighted by atomic mass is 10.0. The lowest BCUT2D eigenvalue weighted by Crippen LogP contribution is -2.54. The molecule has 0 bridgehead atoms. The topological polar surface area (TPSA) is 105 Å². The minimum absolute atomic E-state index is 0.0450. The van der Waals surface area contributed by atoms with Gasteiger partial charge in [0.15, 0.2) is 0 Å². The molecule has 2 amide bonds. The lowest BCUT2D eigenvalue weighted by molar-refractivity contribution is -0.140. The van der Waals surface area contributed by atoms with E-state index >= 15 is 0 Å². The van der Waals surface area contributed by atoms with Crippen LogP contribution in [0.3, 0.4) is 0 Å². The molecule has 1 N–H and O–H groups in total. The van der Waals surface area contributed by atoms with Gasteiger partial charge in [-0.1, -0.05) is 61.4 Å². The van der Waals surface area contributed by atoms with E-state index in [1.165, 1.54) is 12.0 Å². The number of nitrogens with one attached hydrogen (secondary N) is 1. The minimum Gasteiger partial charge on any atom is -0.497 e. The second-order valence-electron chi connectivity index (χ2n) is 11.0. The highest BCUT2D eigenvalue weighted by Crippen LogP contribution is 2.31. The second-order valence-corrected chi connectivity index (χ2v) is 12.9. The lowest BCUT2D eigenvalue weighted by Gasteiger charge is -2.34. The first-order chi connectivity index (χ1) is 20.6. The Bertz CT molecular complexity index is 1510. The third-order valence-electron chi connectivity index (χ3n) is 7.74. The van der Waals surface area contributed by atoms with E-state index in [9.17, 15) is 18.0 Å². The van der Waals surface area contributed by atoms with E-state index in [-0.39, 0.29) is 30.6 Å². The Kier molecular flexibility index (Phi) is 10.7. The monoisotopic (exact) mass is 607 g/mol. The summed E-state index contributed by atoms with van der Waals surface area (Å²) in [5.74, 6) is 0.163. The van der Waals surface area contributed by atoms with Crippen LogP contribution in [0.4, 0.5) is 5.69 Å². The Labute approximate surface area is 254 Å². The van der Waals surface area contributed by atoms with Crippen LogP contribution in [0.1, 0.15) is 42.4 Å². The van der Waals surface area contributed by atoms with Crippen molar-refractivity contribution in [3.05, 3.63) is 89.5 Å². The van der Waals surface area contributed by atoms with Crippen LogP contribution in [0.5, 0.6) is 11.5 Å². The first kappa shape index (κ1) is 31.9. The average molecular weight is 608 g/mol. The quantitative estimate of drug-likeness (QED) is 0.307. The number of hydrogen-bond donors (Lipinski definition) is 1. The zero-order valence-electron chi connectivity index (χ0n) is 25.3. The molecule has 9 nitrogen and oxygen atoms in total. The number of carbonyl (C=O) groups excluding carboxylic acids is 2. The van der Waals surface area contributed by atoms with Gasteiger partial charge in [0.25, 0.3) is 0 Å². The van der Waals surface area contributed by atoms with Crippen molar-refractivity contribution in [1.29, 1.82) is 0 Å². The zero-order chi connectivity index (χ0) is 31.0. The molecule has 1 aliphatic rings. The molecule has 0 spiro atoms. The van der Waals surface area contributed by atoms with Crippen molar-refractivity contribution >= 4 is 27.5 Å². The van der Waals surface area contributed by atoms with Gasteiger partial charge in [0.05, 0.1) is 26.2 Å². The SMILES string of the molecule is COc1cccc(CN(C(=O)CN(c2cc(C)ccc2OC)S(C)(=O)=O)C(Cc2ccccc2)C(=O)NC2CCCC2)c1. The molecule has 3 aromatic carbocycles. The second kappa shape index (κ2) is 14.4. The summed E-state index contributed by atoms with van der Waals surface area (Å²) in [5.41, 5.74) is 2.70. The summed E-state index contributed by atoms with van der Waals surface area (Å²) >= 11 is 0. The van der Waals surface area contributed by atoms with Crippen molar-refractivity contribution in [2.45, 2.75) is 57.7 Å². The van der Waals surface area contributed by atoms with Crippen molar-refractivity contribution in [3.63, 3.8) is 0 Å². The fourth-order valence-electron chi connectivity index (χ4n) is 5.48. The van der Waals surface area contributed by atoms with Crippen LogP contribution < -0.4 is 19.1 Å². The maximum absolute atomic E-state index is 14.4. The number of hydrogen-bond acceptors (Lipinski definition) is 6. The fraction of sp³-hybridized carbons (Fsp3) is 0.394. The van der Waals surface area contributed by atoms with Crippen molar-refractivity contribution in [2.24, 2.45) is 0 Å². The third-order valence-corrected chi connectivity index (χ3v) is 8.87. The predicted octanol–water partition coefficient (Wildman–Crippen LogP) is 4.48. The number of nitrogens with zero attached hydrogens (tertiary/aromatic N) is 2. The van der Waals surface area contributed by atoms with Crippen molar-refractivity contribution in [2.75, 3.05) is 31.3 Å². The molecular formula is C33H41N3O6S. The van der Waals surface area contributed by atoms with E-state index < -0.39 is 28.5 Å². The number of methoxy groups -OCH3 is 2. The molecule has 0 aromatic heterocycles. The fourth-order valence-corrected chi connectivity index (χ4v) is 6.32. The summed E-state index contributed by atoms with van der Waals surface area (Å²) in [6.07, 6.45) is 5.19. The molecule has 1 atom stereocenters. The molecule has 3 aromatic rings. The van der Waals surface area contributed by atoms with Crippen LogP contribution in [0.15, 0.2) is 72.8 Å². The largest absolute Gasteiger partial charge is 0.497 e. The number of anilines is 1. The van der Waals surface area contributed by atoms with E-state index in [0.29, 0.717) is 11.5 Å². The van der Waals surface area contributed by atoms with Gasteiger partial charge >= 0.3 is 0 Å². The normalized spacial score (nSPS) is 14.1. The zero-order valence-corrected chi connectivity index (χ0v) is 26.1. The molecule has 1 saturated carbocycles. The average Bonchev–Trinajstić information content (AvgIpc) is 3.50. The van der Waals surface area contributed by atoms with E-state index in [0.717, 1.165) is 52.9 Å². The molecule has 0 heterocycles. The van der Waals surface area contributed by atoms with Crippen molar-refractivity contribution < 1.29 is 27.5 Å². The first-order valence-corrected chi connectivity index (χ1v) is 16.3. The van der Waals surface area contributed by atoms with Crippen molar-refractivity contribution in [3.8, 4) is 11.5 Å². The van der Waals surface area contributed by atoms with Gasteiger partial charge < -0.3 is 19.7 Å². The van der Waals surface area contributed by atoms with E-state index in [4.69, 9.17) is 9.47 Å². The molecule has 43 heavy (non-hydrogen) atoms. The van der Waals surface area contributed by atoms with Crippen LogP contribution in [0.2, 0.25) is 0 Å². The van der Waals surface area contributed by atoms with Gasteiger partial charge in [0, 0.05) is 19.0 Å². The predicted molar refractivity (Wildman–Crippen MR) is 168 cm³/mol. The maximum Gasteiger partial charge on any atom is 0.244 e. The Hall–Kier alpha value is -4.05. The highest BCUT2D eigenvalue weighted by Gasteiger charge is 2.35. The molecule has 0 saturated heterocycles. The number of sulfonamides is 1. The summed E-state index contributed by atoms with van der Waals surface area (Å²) in [7, 11) is -0.900. The Morgan fingerprint density at radius 1 is 0.930 bits per heavy atom. The highest BCUT2D eigenvalue weighted by molar-refractivity contribution is 7.92. The standard InChI is InChI=1S/C33H41N3O6S/c1-24-17-18-31(42-3)29(19-24)36(43(4,39)40)23-32(37)35(22-26-13-10-16-28(20-26)41-2)30(21-25-11-6-5-7-12-25)33(38)34-27-14-8-9-15-27/h5-7,10-13,16-20,27,30H,8-9,14-15,21-23H2,1-4H3,(H,34,38). The summed E-state index contributed by atoms with van der Waals surface area (Å²) in [6.45, 7) is 1.41. The number of rotatable bonds is 13. The number of amides is 2. The van der Waals surface area contributed by atoms with Gasteiger partial charge in [0.1, 0.15) is 24.1 Å². The van der Waals surface area contributed by atoms with Gasteiger partial charge in [-0.2, -0.15) is 0 Å². The van der Waals surface area contributed by atoms with Crippen LogP contribution in [-0.4, -0.2) is 64.2 Å². The van der Waals surface area contributed by atoms with E-state index in [2.05, 4.69) is 5.32 Å². The molecule has 10 heteroatoms. The van der Waals surface area contributed by atoms with Gasteiger partial charge in [-0.3, -0.25) is 13.9 Å².